The molecule has 1 fully saturated rings. The number of aryl methyl sites for hydroxylation is 1. The van der Waals surface area contributed by atoms with Crippen molar-refractivity contribution in [2.45, 2.75) is 71.8 Å². The van der Waals surface area contributed by atoms with E-state index in [1.165, 1.54) is 4.90 Å². The molecule has 4 heterocycles. The van der Waals surface area contributed by atoms with Crippen LogP contribution in [0.4, 0.5) is 16.4 Å². The number of methoxy groups -OCH3 is 2. The molecule has 0 aliphatic carbocycles. The minimum absolute atomic E-state index is 0.133. The Balaban J connectivity index is 1.33. The third kappa shape index (κ3) is 9.37. The molecule has 2 N–H and O–H groups in total. The Morgan fingerprint density at radius 1 is 0.964 bits per heavy atom. The lowest BCUT2D eigenvalue weighted by Gasteiger charge is -2.34. The van der Waals surface area contributed by atoms with Crippen molar-refractivity contribution in [2.24, 2.45) is 5.92 Å². The maximum atomic E-state index is 11.9. The number of hydrogen-bond donors (Lipinski definition) is 2. The maximum absolute atomic E-state index is 11.9. The van der Waals surface area contributed by atoms with Gasteiger partial charge in [-0.3, -0.25) is 0 Å². The first-order valence-electron chi connectivity index (χ1n) is 18.8. The van der Waals surface area contributed by atoms with Crippen LogP contribution in [0.5, 0.6) is 17.5 Å². The second-order valence-corrected chi connectivity index (χ2v) is 14.3. The molecule has 2 unspecified atom stereocenters. The van der Waals surface area contributed by atoms with Crippen LogP contribution in [0, 0.1) is 12.8 Å². The number of piperidine rings is 1. The summed E-state index contributed by atoms with van der Waals surface area (Å²) in [5.74, 6) is 3.26. The van der Waals surface area contributed by atoms with Gasteiger partial charge in [-0.05, 0) is 86.1 Å². The molecule has 0 spiro atoms. The maximum Gasteiger partial charge on any atom is 0.407 e. The fourth-order valence-electron chi connectivity index (χ4n) is 7.10. The molecule has 3 aromatic heterocycles. The van der Waals surface area contributed by atoms with Gasteiger partial charge in [0.1, 0.15) is 23.4 Å². The van der Waals surface area contributed by atoms with Gasteiger partial charge in [0.2, 0.25) is 0 Å². The molecule has 292 valence electrons. The molecule has 6 rings (SSSR count). The Morgan fingerprint density at radius 2 is 1.58 bits per heavy atom. The quantitative estimate of drug-likeness (QED) is 0.113. The van der Waals surface area contributed by atoms with Crippen LogP contribution in [0.25, 0.3) is 5.65 Å². The van der Waals surface area contributed by atoms with Crippen LogP contribution in [-0.4, -0.2) is 92.8 Å². The highest BCUT2D eigenvalue weighted by Crippen LogP contribution is 2.32. The van der Waals surface area contributed by atoms with Crippen molar-refractivity contribution in [1.82, 2.24) is 29.5 Å². The first-order chi connectivity index (χ1) is 26.6. The van der Waals surface area contributed by atoms with E-state index in [1.807, 2.05) is 68.4 Å². The highest BCUT2D eigenvalue weighted by molar-refractivity contribution is 5.66. The molecule has 2 aromatic carbocycles. The van der Waals surface area contributed by atoms with E-state index in [1.54, 1.807) is 38.2 Å². The Morgan fingerprint density at radius 3 is 2.13 bits per heavy atom. The molecule has 2 atom stereocenters. The predicted octanol–water partition coefficient (Wildman–Crippen LogP) is 6.53. The number of imidazole rings is 1. The lowest BCUT2D eigenvalue weighted by molar-refractivity contribution is 0.145. The molecule has 14 heteroatoms. The summed E-state index contributed by atoms with van der Waals surface area (Å²) in [6.07, 6.45) is 4.74. The Bertz CT molecular complexity index is 1980. The topological polar surface area (TPSA) is 151 Å². The first-order valence-corrected chi connectivity index (χ1v) is 18.8. The zero-order chi connectivity index (χ0) is 39.1. The lowest BCUT2D eigenvalue weighted by atomic mass is 9.96. The highest BCUT2D eigenvalue weighted by Gasteiger charge is 2.27. The Kier molecular flexibility index (Phi) is 12.6. The van der Waals surface area contributed by atoms with Crippen LogP contribution in [-0.2, 0) is 13.1 Å². The smallest absolute Gasteiger partial charge is 0.407 e. The molecule has 0 saturated carbocycles. The van der Waals surface area contributed by atoms with Crippen LogP contribution in [0.15, 0.2) is 67.0 Å². The number of hydrogen-bond acceptors (Lipinski definition) is 11. The molecule has 1 aliphatic rings. The summed E-state index contributed by atoms with van der Waals surface area (Å²) < 4.78 is 18.8. The van der Waals surface area contributed by atoms with Gasteiger partial charge in [-0.25, -0.2) is 19.3 Å². The number of anilines is 2. The van der Waals surface area contributed by atoms with Crippen molar-refractivity contribution < 1.29 is 29.2 Å². The number of rotatable bonds is 16. The van der Waals surface area contributed by atoms with E-state index < -0.39 is 12.2 Å². The second-order valence-electron chi connectivity index (χ2n) is 14.3. The Hall–Kier alpha value is -5.63. The Labute approximate surface area is 322 Å². The van der Waals surface area contributed by atoms with Gasteiger partial charge in [-0.15, -0.1) is 5.10 Å². The third-order valence-corrected chi connectivity index (χ3v) is 10.2. The summed E-state index contributed by atoms with van der Waals surface area (Å²) in [6, 6.07) is 18.0. The summed E-state index contributed by atoms with van der Waals surface area (Å²) in [5.41, 5.74) is 4.55. The van der Waals surface area contributed by atoms with Crippen LogP contribution in [0.1, 0.15) is 73.6 Å². The van der Waals surface area contributed by atoms with E-state index in [4.69, 9.17) is 34.3 Å². The number of fused-ring (bicyclic) bond motifs is 1. The van der Waals surface area contributed by atoms with Gasteiger partial charge in [0, 0.05) is 51.5 Å². The van der Waals surface area contributed by atoms with Gasteiger partial charge < -0.3 is 39.1 Å². The number of aliphatic hydroxyl groups excluding tert-OH is 1. The number of amides is 1. The normalized spacial score (nSPS) is 14.4. The number of ether oxygens (including phenoxy) is 3. The fraction of sp³-hybridized carbons (Fsp3) is 0.439. The van der Waals surface area contributed by atoms with Crippen molar-refractivity contribution >= 4 is 23.4 Å². The zero-order valence-corrected chi connectivity index (χ0v) is 32.6. The van der Waals surface area contributed by atoms with Gasteiger partial charge in [-0.1, -0.05) is 37.6 Å². The number of aliphatic hydroxyl groups is 1. The van der Waals surface area contributed by atoms with Gasteiger partial charge in [0.05, 0.1) is 32.2 Å². The average molecular weight is 753 g/mol. The molecular formula is C41H52N8O6. The summed E-state index contributed by atoms with van der Waals surface area (Å²) in [6.45, 7) is 9.18. The second kappa shape index (κ2) is 17.7. The molecule has 14 nitrogen and oxygen atoms in total. The van der Waals surface area contributed by atoms with Gasteiger partial charge in [-0.2, -0.15) is 4.98 Å². The first kappa shape index (κ1) is 39.1. The number of benzene rings is 2. The average Bonchev–Trinajstić information content (AvgIpc) is 3.62. The third-order valence-electron chi connectivity index (χ3n) is 10.2. The summed E-state index contributed by atoms with van der Waals surface area (Å²) in [7, 11) is 4.91. The SMILES string of the molecule is CCCC(C)Oc1nc(N(Cc2ccc(OC)cc2)Cc2ccc(OC)cc2)c2ncc(C(O)c3cnc(N4CCC(CN(C)C(=O)O)CC4)c(C)c3)n2n1. The van der Waals surface area contributed by atoms with Crippen molar-refractivity contribution in [3.63, 3.8) is 0 Å². The van der Waals surface area contributed by atoms with E-state index >= 15 is 0 Å². The number of carboxylic acid groups (broad SMARTS) is 1. The summed E-state index contributed by atoms with van der Waals surface area (Å²) >= 11 is 0. The van der Waals surface area contributed by atoms with E-state index in [9.17, 15) is 15.0 Å². The molecule has 0 radical (unpaired) electrons. The number of nitrogens with zero attached hydrogens (tertiary/aromatic N) is 8. The minimum Gasteiger partial charge on any atom is -0.497 e. The number of carbonyl (C=O) groups is 1. The van der Waals surface area contributed by atoms with Gasteiger partial charge in [0.15, 0.2) is 11.5 Å². The van der Waals surface area contributed by atoms with Crippen molar-refractivity contribution in [2.75, 3.05) is 50.7 Å². The standard InChI is InChI=1S/C41H52N8O6/c1-7-8-28(3)55-40-44-39(48(25-29-9-13-33(53-5)14-10-29)26-30-11-15-34(54-6)16-12-30)38-43-23-35(49(38)45-40)36(50)32-21-27(2)37(42-22-32)47-19-17-31(18-20-47)24-46(4)41(51)52/h9-16,21-23,28,31,36,50H,7-8,17-20,24-26H2,1-6H3,(H,51,52). The van der Waals surface area contributed by atoms with Crippen LogP contribution in [0.3, 0.4) is 0 Å². The molecule has 1 amide bonds. The molecule has 1 aliphatic heterocycles. The summed E-state index contributed by atoms with van der Waals surface area (Å²) in [5, 5.41) is 26.0. The molecule has 0 bridgehead atoms. The van der Waals surface area contributed by atoms with Crippen molar-refractivity contribution in [3.8, 4) is 17.5 Å². The van der Waals surface area contributed by atoms with E-state index in [2.05, 4.69) is 16.7 Å². The largest absolute Gasteiger partial charge is 0.497 e. The van der Waals surface area contributed by atoms with Gasteiger partial charge >= 0.3 is 12.1 Å². The van der Waals surface area contributed by atoms with Crippen LogP contribution < -0.4 is 24.0 Å². The number of aromatic nitrogens is 5. The predicted molar refractivity (Wildman–Crippen MR) is 210 cm³/mol. The molecular weight excluding hydrogens is 701 g/mol. The van der Waals surface area contributed by atoms with E-state index in [-0.39, 0.29) is 12.1 Å². The zero-order valence-electron chi connectivity index (χ0n) is 32.6. The van der Waals surface area contributed by atoms with Crippen LogP contribution >= 0.6 is 0 Å². The summed E-state index contributed by atoms with van der Waals surface area (Å²) in [4.78, 5) is 31.6. The van der Waals surface area contributed by atoms with Crippen LogP contribution in [0.2, 0.25) is 0 Å². The molecule has 1 saturated heterocycles. The van der Waals surface area contributed by atoms with E-state index in [0.717, 1.165) is 72.8 Å². The fourth-order valence-corrected chi connectivity index (χ4v) is 7.10. The highest BCUT2D eigenvalue weighted by atomic mass is 16.5. The minimum atomic E-state index is -1.09. The number of pyridine rings is 1. The molecule has 55 heavy (non-hydrogen) atoms. The van der Waals surface area contributed by atoms with E-state index in [0.29, 0.717) is 48.3 Å². The monoisotopic (exact) mass is 752 g/mol. The lowest BCUT2D eigenvalue weighted by Crippen LogP contribution is -2.39. The van der Waals surface area contributed by atoms with Crippen molar-refractivity contribution in [1.29, 1.82) is 0 Å². The molecule has 5 aromatic rings. The van der Waals surface area contributed by atoms with Crippen molar-refractivity contribution in [3.05, 3.63) is 94.9 Å². The van der Waals surface area contributed by atoms with Gasteiger partial charge in [0.25, 0.3) is 0 Å².